The van der Waals surface area contributed by atoms with Crippen molar-refractivity contribution in [2.45, 2.75) is 65.5 Å². The molecule has 1 aliphatic rings. The van der Waals surface area contributed by atoms with Gasteiger partial charge in [-0.2, -0.15) is 0 Å². The predicted molar refractivity (Wildman–Crippen MR) is 89.2 cm³/mol. The van der Waals surface area contributed by atoms with E-state index in [4.69, 9.17) is 18.9 Å². The lowest BCUT2D eigenvalue weighted by Crippen LogP contribution is -2.53. The van der Waals surface area contributed by atoms with Crippen LogP contribution in [0, 0.1) is 11.8 Å². The van der Waals surface area contributed by atoms with Crippen LogP contribution in [0.5, 0.6) is 0 Å². The molecule has 1 rings (SSSR count). The molecule has 6 nitrogen and oxygen atoms in total. The van der Waals surface area contributed by atoms with E-state index >= 15 is 0 Å². The molecule has 0 saturated carbocycles. The van der Waals surface area contributed by atoms with Crippen molar-refractivity contribution in [1.82, 2.24) is 0 Å². The summed E-state index contributed by atoms with van der Waals surface area (Å²) in [4.78, 5) is 22.5. The first-order valence-corrected chi connectivity index (χ1v) is 8.55. The fourth-order valence-corrected chi connectivity index (χ4v) is 2.75. The molecule has 5 atom stereocenters. The minimum atomic E-state index is -0.526. The minimum Gasteiger partial charge on any atom is -0.463 e. The lowest BCUT2D eigenvalue weighted by Gasteiger charge is -2.43. The van der Waals surface area contributed by atoms with Crippen LogP contribution in [0.25, 0.3) is 0 Å². The van der Waals surface area contributed by atoms with Crippen LogP contribution in [0.1, 0.15) is 47.0 Å². The quantitative estimate of drug-likeness (QED) is 0.364. The monoisotopic (exact) mass is 342 g/mol. The van der Waals surface area contributed by atoms with E-state index < -0.39 is 24.5 Å². The zero-order chi connectivity index (χ0) is 18.1. The highest BCUT2D eigenvalue weighted by Crippen LogP contribution is 2.33. The fourth-order valence-electron chi connectivity index (χ4n) is 2.75. The summed E-state index contributed by atoms with van der Waals surface area (Å²) in [6, 6.07) is 0. The average Bonchev–Trinajstić information content (AvgIpc) is 2.52. The van der Waals surface area contributed by atoms with Gasteiger partial charge in [0, 0.05) is 32.3 Å². The van der Waals surface area contributed by atoms with Gasteiger partial charge in [0.15, 0.2) is 6.29 Å². The van der Waals surface area contributed by atoms with Crippen molar-refractivity contribution in [3.63, 3.8) is 0 Å². The first-order valence-electron chi connectivity index (χ1n) is 8.55. The number of allylic oxidation sites excluding steroid dienone is 1. The zero-order valence-corrected chi connectivity index (χ0v) is 15.2. The summed E-state index contributed by atoms with van der Waals surface area (Å²) in [5.41, 5.74) is 0. The molecule has 0 amide bonds. The van der Waals surface area contributed by atoms with Gasteiger partial charge in [-0.15, -0.1) is 6.58 Å². The van der Waals surface area contributed by atoms with Crippen LogP contribution in [0.2, 0.25) is 0 Å². The van der Waals surface area contributed by atoms with Crippen LogP contribution in [0.3, 0.4) is 0 Å². The van der Waals surface area contributed by atoms with Crippen LogP contribution < -0.4 is 0 Å². The number of ether oxygens (including phenoxy) is 4. The van der Waals surface area contributed by atoms with Crippen molar-refractivity contribution in [3.8, 4) is 0 Å². The maximum atomic E-state index is 11.4. The van der Waals surface area contributed by atoms with Crippen molar-refractivity contribution >= 4 is 11.9 Å². The molecule has 6 heteroatoms. The highest BCUT2D eigenvalue weighted by molar-refractivity contribution is 5.66. The molecule has 0 aliphatic carbocycles. The van der Waals surface area contributed by atoms with Crippen molar-refractivity contribution in [2.24, 2.45) is 11.8 Å². The van der Waals surface area contributed by atoms with Gasteiger partial charge in [-0.25, -0.2) is 0 Å². The Morgan fingerprint density at radius 2 is 1.83 bits per heavy atom. The summed E-state index contributed by atoms with van der Waals surface area (Å²) >= 11 is 0. The second-order valence-electron chi connectivity index (χ2n) is 6.29. The largest absolute Gasteiger partial charge is 0.463 e. The van der Waals surface area contributed by atoms with Crippen LogP contribution in [-0.2, 0) is 28.5 Å². The second kappa shape index (κ2) is 10.5. The van der Waals surface area contributed by atoms with Gasteiger partial charge in [0.05, 0.1) is 0 Å². The number of carbonyl (C=O) groups is 2. The summed E-state index contributed by atoms with van der Waals surface area (Å²) in [5.74, 6) is -0.684. The molecule has 24 heavy (non-hydrogen) atoms. The smallest absolute Gasteiger partial charge is 0.303 e. The van der Waals surface area contributed by atoms with E-state index in [-0.39, 0.29) is 24.4 Å². The Bertz CT molecular complexity index is 422. The van der Waals surface area contributed by atoms with Crippen LogP contribution in [0.15, 0.2) is 12.7 Å². The predicted octanol–water partition coefficient (Wildman–Crippen LogP) is 2.85. The molecule has 1 fully saturated rings. The highest BCUT2D eigenvalue weighted by atomic mass is 16.7. The Morgan fingerprint density at radius 1 is 1.12 bits per heavy atom. The van der Waals surface area contributed by atoms with Gasteiger partial charge in [-0.1, -0.05) is 19.9 Å². The molecular weight excluding hydrogens is 312 g/mol. The van der Waals surface area contributed by atoms with Crippen molar-refractivity contribution in [2.75, 3.05) is 13.2 Å². The molecule has 0 aromatic carbocycles. The van der Waals surface area contributed by atoms with Gasteiger partial charge in [0.1, 0.15) is 18.8 Å². The number of hydrogen-bond donors (Lipinski definition) is 0. The molecule has 0 spiro atoms. The average molecular weight is 342 g/mol. The molecule has 0 bridgehead atoms. The lowest BCUT2D eigenvalue weighted by molar-refractivity contribution is -0.273. The molecule has 0 aromatic heterocycles. The topological polar surface area (TPSA) is 71.1 Å². The molecule has 1 aliphatic heterocycles. The maximum Gasteiger partial charge on any atom is 0.303 e. The minimum absolute atomic E-state index is 0.0291. The van der Waals surface area contributed by atoms with Gasteiger partial charge in [0.2, 0.25) is 0 Å². The van der Waals surface area contributed by atoms with Gasteiger partial charge in [0.25, 0.3) is 0 Å². The van der Waals surface area contributed by atoms with E-state index in [1.807, 2.05) is 19.9 Å². The third-order valence-electron chi connectivity index (χ3n) is 4.29. The lowest BCUT2D eigenvalue weighted by atomic mass is 9.84. The van der Waals surface area contributed by atoms with Crippen molar-refractivity contribution < 1.29 is 28.5 Å². The summed E-state index contributed by atoms with van der Waals surface area (Å²) in [6.45, 7) is 11.0. The van der Waals surface area contributed by atoms with Crippen LogP contribution in [-0.4, -0.2) is 43.7 Å². The molecule has 138 valence electrons. The number of esters is 2. The Hall–Kier alpha value is -1.40. The molecule has 2 unspecified atom stereocenters. The van der Waals surface area contributed by atoms with E-state index in [1.165, 1.54) is 13.8 Å². The number of carbonyl (C=O) groups excluding carboxylic acids is 2. The van der Waals surface area contributed by atoms with Crippen LogP contribution in [0.4, 0.5) is 0 Å². The summed E-state index contributed by atoms with van der Waals surface area (Å²) in [5, 5.41) is 0. The van der Waals surface area contributed by atoms with Crippen molar-refractivity contribution in [3.05, 3.63) is 12.7 Å². The summed E-state index contributed by atoms with van der Waals surface area (Å²) in [7, 11) is 0. The number of unbranched alkanes of at least 4 members (excludes halogenated alkanes) is 2. The molecular formula is C18H30O6. The van der Waals surface area contributed by atoms with E-state index in [1.54, 1.807) is 0 Å². The normalized spacial score (nSPS) is 29.8. The summed E-state index contributed by atoms with van der Waals surface area (Å²) in [6.07, 6.45) is 3.41. The van der Waals surface area contributed by atoms with E-state index in [0.29, 0.717) is 6.61 Å². The van der Waals surface area contributed by atoms with Gasteiger partial charge < -0.3 is 18.9 Å². The van der Waals surface area contributed by atoms with Crippen LogP contribution >= 0.6 is 0 Å². The van der Waals surface area contributed by atoms with Gasteiger partial charge >= 0.3 is 11.9 Å². The Balaban J connectivity index is 2.66. The maximum absolute atomic E-state index is 11.4. The number of rotatable bonds is 9. The van der Waals surface area contributed by atoms with E-state index in [2.05, 4.69) is 6.58 Å². The van der Waals surface area contributed by atoms with Gasteiger partial charge in [-0.3, -0.25) is 9.59 Å². The van der Waals surface area contributed by atoms with Crippen molar-refractivity contribution in [1.29, 1.82) is 0 Å². The first kappa shape index (κ1) is 20.6. The zero-order valence-electron chi connectivity index (χ0n) is 15.2. The molecule has 1 saturated heterocycles. The summed E-state index contributed by atoms with van der Waals surface area (Å²) < 4.78 is 22.3. The number of hydrogen-bond acceptors (Lipinski definition) is 6. The highest BCUT2D eigenvalue weighted by Gasteiger charge is 2.44. The fraction of sp³-hybridized carbons (Fsp3) is 0.778. The second-order valence-corrected chi connectivity index (χ2v) is 6.29. The third-order valence-corrected chi connectivity index (χ3v) is 4.29. The van der Waals surface area contributed by atoms with E-state index in [0.717, 1.165) is 19.3 Å². The molecule has 0 radical (unpaired) electrons. The Morgan fingerprint density at radius 3 is 2.42 bits per heavy atom. The van der Waals surface area contributed by atoms with E-state index in [9.17, 15) is 9.59 Å². The van der Waals surface area contributed by atoms with Gasteiger partial charge in [-0.05, 0) is 19.3 Å². The first-order chi connectivity index (χ1) is 11.4. The molecule has 0 N–H and O–H groups in total. The Labute approximate surface area is 144 Å². The molecule has 0 aromatic rings. The molecule has 1 heterocycles. The Kier molecular flexibility index (Phi) is 9.00. The standard InChI is InChI=1S/C18H30O6/c1-6-7-8-9-10-21-18-13(3)12(2)17(23-15(5)20)16(24-18)11-22-14(4)19/h6,12-13,16-18H,1,7-11H2,2-5H3/t12-,13?,16?,17-,18+/m1/s1. The third kappa shape index (κ3) is 6.61. The SMILES string of the molecule is C=CCCCCO[C@H]1OC(COC(C)=O)[C@H](OC(C)=O)[C@H](C)C1C.